The summed E-state index contributed by atoms with van der Waals surface area (Å²) in [5, 5.41) is 9.30. The maximum Gasteiger partial charge on any atom is 0.310 e. The molecule has 4 nitrogen and oxygen atoms in total. The van der Waals surface area contributed by atoms with E-state index >= 15 is 0 Å². The van der Waals surface area contributed by atoms with Crippen molar-refractivity contribution in [3.63, 3.8) is 0 Å². The number of carboxylic acids is 1. The predicted molar refractivity (Wildman–Crippen MR) is 80.7 cm³/mol. The van der Waals surface area contributed by atoms with Crippen molar-refractivity contribution in [2.75, 3.05) is 19.8 Å². The average molecular weight is 342 g/mol. The summed E-state index contributed by atoms with van der Waals surface area (Å²) in [6.07, 6.45) is 0. The number of rotatable bonds is 5. The van der Waals surface area contributed by atoms with Gasteiger partial charge in [0.05, 0.1) is 19.1 Å². The third-order valence-corrected chi connectivity index (χ3v) is 4.54. The summed E-state index contributed by atoms with van der Waals surface area (Å²) in [5.41, 5.74) is 1.19. The van der Waals surface area contributed by atoms with Crippen LogP contribution in [-0.4, -0.2) is 41.8 Å². The first-order valence-electron chi connectivity index (χ1n) is 6.86. The minimum Gasteiger partial charge on any atom is -0.481 e. The van der Waals surface area contributed by atoms with E-state index in [4.69, 9.17) is 4.74 Å². The van der Waals surface area contributed by atoms with Gasteiger partial charge in [0.25, 0.3) is 0 Å². The van der Waals surface area contributed by atoms with Crippen molar-refractivity contribution in [2.45, 2.75) is 25.9 Å². The van der Waals surface area contributed by atoms with Crippen molar-refractivity contribution in [1.82, 2.24) is 4.90 Å². The Morgan fingerprint density at radius 1 is 1.45 bits per heavy atom. The fourth-order valence-corrected chi connectivity index (χ4v) is 3.10. The monoisotopic (exact) mass is 341 g/mol. The molecular formula is C15H20BrNO3. The van der Waals surface area contributed by atoms with Gasteiger partial charge in [0.15, 0.2) is 0 Å². The highest BCUT2D eigenvalue weighted by molar-refractivity contribution is 9.10. The minimum absolute atomic E-state index is 0.0591. The number of hydrogen-bond acceptors (Lipinski definition) is 3. The molecule has 1 saturated heterocycles. The summed E-state index contributed by atoms with van der Waals surface area (Å²) in [4.78, 5) is 13.5. The van der Waals surface area contributed by atoms with Crippen molar-refractivity contribution < 1.29 is 14.6 Å². The van der Waals surface area contributed by atoms with Crippen LogP contribution in [0.3, 0.4) is 0 Å². The maximum atomic E-state index is 11.3. The van der Waals surface area contributed by atoms with Crippen LogP contribution in [0.1, 0.15) is 25.5 Å². The lowest BCUT2D eigenvalue weighted by Gasteiger charge is -2.34. The molecule has 0 radical (unpaired) electrons. The number of halogens is 1. The molecule has 3 unspecified atom stereocenters. The molecule has 1 aliphatic rings. The lowest BCUT2D eigenvalue weighted by molar-refractivity contribution is -0.143. The molecule has 3 atom stereocenters. The SMILES string of the molecule is CCN(C(C)c1ccc(Br)cc1)C1COCC1C(=O)O. The second-order valence-corrected chi connectivity index (χ2v) is 6.02. The summed E-state index contributed by atoms with van der Waals surface area (Å²) in [6, 6.07) is 8.28. The number of nitrogens with zero attached hydrogens (tertiary/aromatic N) is 1. The maximum absolute atomic E-state index is 11.3. The topological polar surface area (TPSA) is 49.8 Å². The van der Waals surface area contributed by atoms with Crippen LogP contribution in [0.25, 0.3) is 0 Å². The molecule has 1 fully saturated rings. The molecule has 110 valence electrons. The van der Waals surface area contributed by atoms with E-state index in [0.29, 0.717) is 13.2 Å². The Morgan fingerprint density at radius 2 is 2.10 bits per heavy atom. The fourth-order valence-electron chi connectivity index (χ4n) is 2.83. The van der Waals surface area contributed by atoms with E-state index in [1.165, 1.54) is 5.56 Å². The van der Waals surface area contributed by atoms with Gasteiger partial charge in [-0.1, -0.05) is 35.0 Å². The highest BCUT2D eigenvalue weighted by Crippen LogP contribution is 2.29. The molecule has 0 saturated carbocycles. The van der Waals surface area contributed by atoms with E-state index in [1.807, 2.05) is 12.1 Å². The van der Waals surface area contributed by atoms with Crippen LogP contribution < -0.4 is 0 Å². The number of aliphatic carboxylic acids is 1. The minimum atomic E-state index is -0.769. The third kappa shape index (κ3) is 3.22. The van der Waals surface area contributed by atoms with Gasteiger partial charge in [0, 0.05) is 16.6 Å². The standard InChI is InChI=1S/C15H20BrNO3/c1-3-17(14-9-20-8-13(14)15(18)19)10(2)11-4-6-12(16)7-5-11/h4-7,10,13-14H,3,8-9H2,1-2H3,(H,18,19). The first-order chi connectivity index (χ1) is 9.54. The van der Waals surface area contributed by atoms with Gasteiger partial charge in [-0.2, -0.15) is 0 Å². The number of benzene rings is 1. The number of carboxylic acid groups (broad SMARTS) is 1. The van der Waals surface area contributed by atoms with Gasteiger partial charge in [0.2, 0.25) is 0 Å². The zero-order valence-corrected chi connectivity index (χ0v) is 13.3. The van der Waals surface area contributed by atoms with E-state index < -0.39 is 11.9 Å². The molecule has 5 heteroatoms. The Balaban J connectivity index is 2.18. The largest absolute Gasteiger partial charge is 0.481 e. The Morgan fingerprint density at radius 3 is 2.65 bits per heavy atom. The lowest BCUT2D eigenvalue weighted by Crippen LogP contribution is -2.44. The van der Waals surface area contributed by atoms with Crippen molar-refractivity contribution in [1.29, 1.82) is 0 Å². The fraction of sp³-hybridized carbons (Fsp3) is 0.533. The van der Waals surface area contributed by atoms with E-state index in [0.717, 1.165) is 11.0 Å². The summed E-state index contributed by atoms with van der Waals surface area (Å²) in [6.45, 7) is 5.78. The van der Waals surface area contributed by atoms with Crippen LogP contribution >= 0.6 is 15.9 Å². The molecule has 1 heterocycles. The molecule has 0 spiro atoms. The van der Waals surface area contributed by atoms with Gasteiger partial charge in [-0.15, -0.1) is 0 Å². The van der Waals surface area contributed by atoms with Gasteiger partial charge in [-0.25, -0.2) is 0 Å². The molecule has 0 aromatic heterocycles. The number of hydrogen-bond donors (Lipinski definition) is 1. The second kappa shape index (κ2) is 6.70. The Kier molecular flexibility index (Phi) is 5.18. The van der Waals surface area contributed by atoms with Crippen molar-refractivity contribution in [3.05, 3.63) is 34.3 Å². The molecule has 1 aromatic carbocycles. The zero-order chi connectivity index (χ0) is 14.7. The molecule has 0 bridgehead atoms. The van der Waals surface area contributed by atoms with Crippen LogP contribution in [0.15, 0.2) is 28.7 Å². The van der Waals surface area contributed by atoms with Crippen LogP contribution in [0, 0.1) is 5.92 Å². The van der Waals surface area contributed by atoms with Crippen molar-refractivity contribution >= 4 is 21.9 Å². The van der Waals surface area contributed by atoms with Crippen LogP contribution in [0.5, 0.6) is 0 Å². The zero-order valence-electron chi connectivity index (χ0n) is 11.8. The summed E-state index contributed by atoms with van der Waals surface area (Å²) < 4.78 is 6.43. The first-order valence-corrected chi connectivity index (χ1v) is 7.65. The highest BCUT2D eigenvalue weighted by atomic mass is 79.9. The molecule has 1 aromatic rings. The van der Waals surface area contributed by atoms with E-state index in [9.17, 15) is 9.90 Å². The van der Waals surface area contributed by atoms with Crippen LogP contribution in [0.4, 0.5) is 0 Å². The first kappa shape index (κ1) is 15.5. The lowest BCUT2D eigenvalue weighted by atomic mass is 9.98. The Labute approximate surface area is 127 Å². The Bertz CT molecular complexity index is 463. The van der Waals surface area contributed by atoms with E-state index in [2.05, 4.69) is 46.8 Å². The molecule has 0 aliphatic carbocycles. The molecule has 20 heavy (non-hydrogen) atoms. The molecular weight excluding hydrogens is 322 g/mol. The second-order valence-electron chi connectivity index (χ2n) is 5.11. The predicted octanol–water partition coefficient (Wildman–Crippen LogP) is 2.93. The summed E-state index contributed by atoms with van der Waals surface area (Å²) >= 11 is 3.43. The van der Waals surface area contributed by atoms with Gasteiger partial charge < -0.3 is 9.84 Å². The van der Waals surface area contributed by atoms with Gasteiger partial charge >= 0.3 is 5.97 Å². The number of carbonyl (C=O) groups is 1. The Hall–Kier alpha value is -0.910. The average Bonchev–Trinajstić information content (AvgIpc) is 2.89. The highest BCUT2D eigenvalue weighted by Gasteiger charge is 2.39. The molecule has 0 amide bonds. The van der Waals surface area contributed by atoms with Crippen molar-refractivity contribution in [2.24, 2.45) is 5.92 Å². The normalized spacial score (nSPS) is 24.0. The van der Waals surface area contributed by atoms with Gasteiger partial charge in [-0.3, -0.25) is 9.69 Å². The quantitative estimate of drug-likeness (QED) is 0.894. The molecule has 1 N–H and O–H groups in total. The van der Waals surface area contributed by atoms with E-state index in [-0.39, 0.29) is 12.1 Å². The smallest absolute Gasteiger partial charge is 0.310 e. The summed E-state index contributed by atoms with van der Waals surface area (Å²) in [5.74, 6) is -1.21. The number of ether oxygens (including phenoxy) is 1. The van der Waals surface area contributed by atoms with Crippen molar-refractivity contribution in [3.8, 4) is 0 Å². The molecule has 1 aliphatic heterocycles. The summed E-state index contributed by atoms with van der Waals surface area (Å²) in [7, 11) is 0. The van der Waals surface area contributed by atoms with E-state index in [1.54, 1.807) is 0 Å². The van der Waals surface area contributed by atoms with Crippen LogP contribution in [-0.2, 0) is 9.53 Å². The van der Waals surface area contributed by atoms with Gasteiger partial charge in [0.1, 0.15) is 0 Å². The molecule has 2 rings (SSSR count). The van der Waals surface area contributed by atoms with Gasteiger partial charge in [-0.05, 0) is 31.2 Å². The van der Waals surface area contributed by atoms with Crippen LogP contribution in [0.2, 0.25) is 0 Å². The number of likely N-dealkylation sites (N-methyl/N-ethyl adjacent to an activating group) is 1. The third-order valence-electron chi connectivity index (χ3n) is 4.01.